The molecular formula is C11H17N5O2S. The van der Waals surface area contributed by atoms with Gasteiger partial charge in [-0.1, -0.05) is 6.92 Å². The van der Waals surface area contributed by atoms with Gasteiger partial charge in [0.1, 0.15) is 5.82 Å². The maximum atomic E-state index is 11.9. The predicted octanol–water partition coefficient (Wildman–Crippen LogP) is 0.227. The minimum Gasteiger partial charge on any atom is -0.332 e. The van der Waals surface area contributed by atoms with Crippen LogP contribution in [0.15, 0.2) is 23.5 Å². The van der Waals surface area contributed by atoms with Crippen LogP contribution in [0.3, 0.4) is 0 Å². The van der Waals surface area contributed by atoms with Gasteiger partial charge in [0.05, 0.1) is 11.9 Å². The van der Waals surface area contributed by atoms with Crippen molar-refractivity contribution in [2.75, 3.05) is 6.54 Å². The molecular weight excluding hydrogens is 266 g/mol. The topological polar surface area (TPSA) is 92.7 Å². The molecule has 2 rings (SSSR count). The van der Waals surface area contributed by atoms with Gasteiger partial charge in [0, 0.05) is 32.6 Å². The van der Waals surface area contributed by atoms with Crippen molar-refractivity contribution in [3.8, 4) is 0 Å². The first-order chi connectivity index (χ1) is 9.01. The SMILES string of the molecule is CCc1ncc(S(=O)(=O)NCCc2ccn(C)n2)[nH]1. The van der Waals surface area contributed by atoms with Crippen LogP contribution in [0, 0.1) is 0 Å². The molecule has 0 fully saturated rings. The Labute approximate surface area is 112 Å². The Morgan fingerprint density at radius 1 is 1.47 bits per heavy atom. The highest BCUT2D eigenvalue weighted by molar-refractivity contribution is 7.89. The van der Waals surface area contributed by atoms with Gasteiger partial charge in [-0.25, -0.2) is 18.1 Å². The van der Waals surface area contributed by atoms with Crippen LogP contribution in [0.4, 0.5) is 0 Å². The van der Waals surface area contributed by atoms with E-state index in [2.05, 4.69) is 19.8 Å². The van der Waals surface area contributed by atoms with Gasteiger partial charge in [-0.2, -0.15) is 5.10 Å². The van der Waals surface area contributed by atoms with Crippen LogP contribution in [0.1, 0.15) is 18.4 Å². The molecule has 104 valence electrons. The first kappa shape index (κ1) is 13.8. The molecule has 2 aromatic rings. The van der Waals surface area contributed by atoms with Gasteiger partial charge in [-0.15, -0.1) is 0 Å². The highest BCUT2D eigenvalue weighted by Crippen LogP contribution is 2.06. The van der Waals surface area contributed by atoms with E-state index < -0.39 is 10.0 Å². The molecule has 0 bridgehead atoms. The zero-order chi connectivity index (χ0) is 13.9. The van der Waals surface area contributed by atoms with E-state index in [0.717, 1.165) is 5.69 Å². The number of aromatic amines is 1. The molecule has 2 N–H and O–H groups in total. The van der Waals surface area contributed by atoms with Crippen LogP contribution in [0.25, 0.3) is 0 Å². The molecule has 0 aliphatic rings. The van der Waals surface area contributed by atoms with Crippen molar-refractivity contribution in [1.82, 2.24) is 24.5 Å². The molecule has 19 heavy (non-hydrogen) atoms. The lowest BCUT2D eigenvalue weighted by molar-refractivity contribution is 0.577. The Balaban J connectivity index is 1.94. The van der Waals surface area contributed by atoms with Gasteiger partial charge in [0.15, 0.2) is 5.03 Å². The zero-order valence-electron chi connectivity index (χ0n) is 10.9. The van der Waals surface area contributed by atoms with Crippen LogP contribution in [-0.4, -0.2) is 34.7 Å². The van der Waals surface area contributed by atoms with Crippen LogP contribution >= 0.6 is 0 Å². The van der Waals surface area contributed by atoms with E-state index >= 15 is 0 Å². The normalized spacial score (nSPS) is 11.9. The molecule has 0 saturated carbocycles. The molecule has 0 aromatic carbocycles. The summed E-state index contributed by atoms with van der Waals surface area (Å²) in [6.07, 6.45) is 4.38. The van der Waals surface area contributed by atoms with Gasteiger partial charge in [-0.05, 0) is 6.07 Å². The predicted molar refractivity (Wildman–Crippen MR) is 70.1 cm³/mol. The molecule has 0 amide bonds. The molecule has 0 atom stereocenters. The second-order valence-electron chi connectivity index (χ2n) is 4.18. The maximum Gasteiger partial charge on any atom is 0.257 e. The minimum atomic E-state index is -3.52. The van der Waals surface area contributed by atoms with E-state index in [0.29, 0.717) is 25.2 Å². The zero-order valence-corrected chi connectivity index (χ0v) is 11.7. The van der Waals surface area contributed by atoms with Crippen LogP contribution < -0.4 is 4.72 Å². The summed E-state index contributed by atoms with van der Waals surface area (Å²) in [5.74, 6) is 0.658. The third kappa shape index (κ3) is 3.42. The number of aryl methyl sites for hydroxylation is 2. The quantitative estimate of drug-likeness (QED) is 0.793. The summed E-state index contributed by atoms with van der Waals surface area (Å²) in [5, 5.41) is 4.28. The highest BCUT2D eigenvalue weighted by Gasteiger charge is 2.16. The maximum absolute atomic E-state index is 11.9. The van der Waals surface area contributed by atoms with E-state index in [4.69, 9.17) is 0 Å². The number of hydrogen-bond acceptors (Lipinski definition) is 4. The Hall–Kier alpha value is -1.67. The van der Waals surface area contributed by atoms with Crippen molar-refractivity contribution in [2.24, 2.45) is 7.05 Å². The lowest BCUT2D eigenvalue weighted by atomic mass is 10.3. The van der Waals surface area contributed by atoms with E-state index in [9.17, 15) is 8.42 Å². The molecule has 0 unspecified atom stereocenters. The number of sulfonamides is 1. The molecule has 2 aromatic heterocycles. The fourth-order valence-electron chi connectivity index (χ4n) is 1.65. The lowest BCUT2D eigenvalue weighted by Crippen LogP contribution is -2.26. The molecule has 7 nitrogen and oxygen atoms in total. The molecule has 0 aliphatic carbocycles. The largest absolute Gasteiger partial charge is 0.332 e. The van der Waals surface area contributed by atoms with Gasteiger partial charge < -0.3 is 4.98 Å². The summed E-state index contributed by atoms with van der Waals surface area (Å²) in [4.78, 5) is 6.75. The average molecular weight is 283 g/mol. The molecule has 8 heteroatoms. The second kappa shape index (κ2) is 5.54. The van der Waals surface area contributed by atoms with Crippen molar-refractivity contribution >= 4 is 10.0 Å². The fourth-order valence-corrected chi connectivity index (χ4v) is 2.62. The minimum absolute atomic E-state index is 0.102. The number of imidazole rings is 1. The van der Waals surface area contributed by atoms with Gasteiger partial charge >= 0.3 is 0 Å². The highest BCUT2D eigenvalue weighted by atomic mass is 32.2. The Kier molecular flexibility index (Phi) is 4.01. The van der Waals surface area contributed by atoms with Crippen LogP contribution in [0.5, 0.6) is 0 Å². The molecule has 0 radical (unpaired) electrons. The van der Waals surface area contributed by atoms with Gasteiger partial charge in [-0.3, -0.25) is 4.68 Å². The second-order valence-corrected chi connectivity index (χ2v) is 5.91. The molecule has 2 heterocycles. The average Bonchev–Trinajstić information content (AvgIpc) is 2.98. The van der Waals surface area contributed by atoms with Crippen molar-refractivity contribution < 1.29 is 8.42 Å². The summed E-state index contributed by atoms with van der Waals surface area (Å²) in [7, 11) is -1.69. The number of rotatable bonds is 6. The Bertz CT molecular complexity index is 644. The monoisotopic (exact) mass is 283 g/mol. The molecule has 0 saturated heterocycles. The smallest absolute Gasteiger partial charge is 0.257 e. The van der Waals surface area contributed by atoms with Gasteiger partial charge in [0.25, 0.3) is 10.0 Å². The van der Waals surface area contributed by atoms with Crippen LogP contribution in [0.2, 0.25) is 0 Å². The Morgan fingerprint density at radius 2 is 2.26 bits per heavy atom. The number of H-pyrrole nitrogens is 1. The van der Waals surface area contributed by atoms with Crippen LogP contribution in [-0.2, 0) is 29.9 Å². The van der Waals surface area contributed by atoms with E-state index in [1.54, 1.807) is 4.68 Å². The number of aromatic nitrogens is 4. The summed E-state index contributed by atoms with van der Waals surface area (Å²) in [6, 6.07) is 1.86. The molecule has 0 aliphatic heterocycles. The lowest BCUT2D eigenvalue weighted by Gasteiger charge is -2.03. The van der Waals surface area contributed by atoms with Crippen molar-refractivity contribution in [2.45, 2.75) is 24.8 Å². The van der Waals surface area contributed by atoms with Crippen molar-refractivity contribution in [3.63, 3.8) is 0 Å². The standard InChI is InChI=1S/C11H17N5O2S/c1-3-10-12-8-11(14-10)19(17,18)13-6-4-9-5-7-16(2)15-9/h5,7-8,13H,3-4,6H2,1-2H3,(H,12,14). The number of hydrogen-bond donors (Lipinski definition) is 2. The van der Waals surface area contributed by atoms with E-state index in [1.165, 1.54) is 6.20 Å². The first-order valence-corrected chi connectivity index (χ1v) is 7.51. The Morgan fingerprint density at radius 3 is 2.84 bits per heavy atom. The van der Waals surface area contributed by atoms with Gasteiger partial charge in [0.2, 0.25) is 0 Å². The summed E-state index contributed by atoms with van der Waals surface area (Å²) in [6.45, 7) is 2.21. The number of nitrogens with one attached hydrogen (secondary N) is 2. The third-order valence-corrected chi connectivity index (χ3v) is 4.04. The van der Waals surface area contributed by atoms with Crippen molar-refractivity contribution in [3.05, 3.63) is 30.0 Å². The fraction of sp³-hybridized carbons (Fsp3) is 0.455. The van der Waals surface area contributed by atoms with Crippen molar-refractivity contribution in [1.29, 1.82) is 0 Å². The van der Waals surface area contributed by atoms with E-state index in [1.807, 2.05) is 26.2 Å². The first-order valence-electron chi connectivity index (χ1n) is 6.03. The third-order valence-electron chi connectivity index (χ3n) is 2.67. The van der Waals surface area contributed by atoms with E-state index in [-0.39, 0.29) is 5.03 Å². The summed E-state index contributed by atoms with van der Waals surface area (Å²) in [5.41, 5.74) is 0.851. The number of nitrogens with zero attached hydrogens (tertiary/aromatic N) is 3. The summed E-state index contributed by atoms with van der Waals surface area (Å²) >= 11 is 0. The summed E-state index contributed by atoms with van der Waals surface area (Å²) < 4.78 is 28.1. The molecule has 0 spiro atoms.